The lowest BCUT2D eigenvalue weighted by Gasteiger charge is -2.34. The number of carbonyl (C=O) groups is 1. The average Bonchev–Trinajstić information content (AvgIpc) is 3.17. The van der Waals surface area contributed by atoms with E-state index in [1.165, 1.54) is 12.7 Å². The van der Waals surface area contributed by atoms with Gasteiger partial charge in [0, 0.05) is 19.3 Å². The number of rotatable bonds is 4. The lowest BCUT2D eigenvalue weighted by atomic mass is 9.97. The number of hydrogen-bond acceptors (Lipinski definition) is 4. The van der Waals surface area contributed by atoms with Crippen molar-refractivity contribution in [2.45, 2.75) is 37.8 Å². The molecule has 1 fully saturated rings. The molecule has 136 valence electrons. The number of methoxy groups -OCH3 is 1. The summed E-state index contributed by atoms with van der Waals surface area (Å²) in [7, 11) is 3.46. The molecule has 1 aromatic carbocycles. The Morgan fingerprint density at radius 1 is 1.35 bits per heavy atom. The predicted octanol–water partition coefficient (Wildman–Crippen LogP) is 2.52. The molecule has 2 unspecified atom stereocenters. The zero-order chi connectivity index (χ0) is 18.3. The molecule has 6 nitrogen and oxygen atoms in total. The third-order valence-corrected chi connectivity index (χ3v) is 5.43. The Bertz CT molecular complexity index is 871. The van der Waals surface area contributed by atoms with Crippen molar-refractivity contribution in [2.75, 3.05) is 7.11 Å². The fraction of sp³-hybridized carbons (Fsp3) is 0.400. The topological polar surface area (TPSA) is 67.6 Å². The molecule has 1 amide bonds. The Morgan fingerprint density at radius 3 is 2.88 bits per heavy atom. The second-order valence-corrected chi connectivity index (χ2v) is 7.02. The van der Waals surface area contributed by atoms with Gasteiger partial charge in [-0.3, -0.25) is 9.48 Å². The number of aromatic hydroxyl groups is 1. The number of benzene rings is 1. The number of amides is 1. The van der Waals surface area contributed by atoms with E-state index in [0.717, 1.165) is 30.5 Å². The molecule has 0 radical (unpaired) electrons. The van der Waals surface area contributed by atoms with Crippen LogP contribution >= 0.6 is 0 Å². The summed E-state index contributed by atoms with van der Waals surface area (Å²) in [6.07, 6.45) is 7.28. The highest BCUT2D eigenvalue weighted by atomic mass is 16.5. The highest BCUT2D eigenvalue weighted by Crippen LogP contribution is 2.39. The van der Waals surface area contributed by atoms with Gasteiger partial charge in [-0.25, -0.2) is 0 Å². The molecule has 2 aliphatic rings. The quantitative estimate of drug-likeness (QED) is 0.917. The van der Waals surface area contributed by atoms with Gasteiger partial charge >= 0.3 is 0 Å². The summed E-state index contributed by atoms with van der Waals surface area (Å²) in [5, 5.41) is 14.0. The number of aromatic nitrogens is 2. The molecule has 1 N–H and O–H groups in total. The first-order valence-electron chi connectivity index (χ1n) is 8.93. The predicted molar refractivity (Wildman–Crippen MR) is 97.8 cm³/mol. The van der Waals surface area contributed by atoms with E-state index >= 15 is 0 Å². The van der Waals surface area contributed by atoms with Crippen LogP contribution in [0.4, 0.5) is 0 Å². The van der Waals surface area contributed by atoms with Crippen molar-refractivity contribution in [3.63, 3.8) is 0 Å². The first-order valence-corrected chi connectivity index (χ1v) is 8.93. The number of hydrogen-bond donors (Lipinski definition) is 1. The second kappa shape index (κ2) is 6.52. The van der Waals surface area contributed by atoms with E-state index < -0.39 is 0 Å². The summed E-state index contributed by atoms with van der Waals surface area (Å²) in [6, 6.07) is 7.53. The molecule has 0 spiro atoms. The van der Waals surface area contributed by atoms with E-state index in [1.54, 1.807) is 18.2 Å². The number of aryl methyl sites for hydroxylation is 1. The molecule has 2 aromatic rings. The van der Waals surface area contributed by atoms with Gasteiger partial charge in [0.25, 0.3) is 0 Å². The first kappa shape index (κ1) is 16.7. The molecule has 6 heteroatoms. The molecule has 2 aliphatic heterocycles. The van der Waals surface area contributed by atoms with Crippen molar-refractivity contribution in [2.24, 2.45) is 7.05 Å². The molecule has 0 saturated carbocycles. The zero-order valence-corrected chi connectivity index (χ0v) is 15.1. The van der Waals surface area contributed by atoms with Crippen LogP contribution in [0.1, 0.15) is 30.5 Å². The molecule has 26 heavy (non-hydrogen) atoms. The standard InChI is InChI=1S/C20H23N3O3/c1-22-17(7-8-21-22)14-11-15-4-5-16(12-14)23(15)20(25)10-13-3-6-18(24)19(9-13)26-2/h3,6-9,11,15-16,24H,4-5,10,12H2,1-2H3. The molecule has 2 atom stereocenters. The van der Waals surface area contributed by atoms with Crippen molar-refractivity contribution in [1.29, 1.82) is 0 Å². The van der Waals surface area contributed by atoms with Gasteiger partial charge in [-0.15, -0.1) is 0 Å². The van der Waals surface area contributed by atoms with Crippen LogP contribution in [0.15, 0.2) is 36.5 Å². The van der Waals surface area contributed by atoms with Crippen LogP contribution in [0, 0.1) is 0 Å². The van der Waals surface area contributed by atoms with Crippen LogP contribution in [0.2, 0.25) is 0 Å². The van der Waals surface area contributed by atoms with Gasteiger partial charge in [-0.2, -0.15) is 5.10 Å². The monoisotopic (exact) mass is 353 g/mol. The van der Waals surface area contributed by atoms with E-state index in [0.29, 0.717) is 12.2 Å². The highest BCUT2D eigenvalue weighted by Gasteiger charge is 2.39. The normalized spacial score (nSPS) is 21.6. The maximum Gasteiger partial charge on any atom is 0.227 e. The second-order valence-electron chi connectivity index (χ2n) is 7.02. The lowest BCUT2D eigenvalue weighted by Crippen LogP contribution is -2.43. The maximum atomic E-state index is 12.9. The van der Waals surface area contributed by atoms with Crippen molar-refractivity contribution in [3.05, 3.63) is 47.8 Å². The SMILES string of the molecule is COc1cc(CC(=O)N2C3C=C(c4ccnn4C)CC2CC3)ccc1O. The van der Waals surface area contributed by atoms with Crippen molar-refractivity contribution < 1.29 is 14.6 Å². The minimum atomic E-state index is 0.0884. The fourth-order valence-corrected chi connectivity index (χ4v) is 4.20. The zero-order valence-electron chi connectivity index (χ0n) is 15.1. The van der Waals surface area contributed by atoms with Gasteiger partial charge in [0.1, 0.15) is 0 Å². The third kappa shape index (κ3) is 2.85. The van der Waals surface area contributed by atoms with Gasteiger partial charge in [0.2, 0.25) is 5.91 Å². The Kier molecular flexibility index (Phi) is 4.18. The number of nitrogens with zero attached hydrogens (tertiary/aromatic N) is 3. The highest BCUT2D eigenvalue weighted by molar-refractivity contribution is 5.82. The Morgan fingerprint density at radius 2 is 2.19 bits per heavy atom. The van der Waals surface area contributed by atoms with E-state index in [9.17, 15) is 9.90 Å². The van der Waals surface area contributed by atoms with Gasteiger partial charge in [0.15, 0.2) is 11.5 Å². The van der Waals surface area contributed by atoms with E-state index in [1.807, 2.05) is 28.9 Å². The molecule has 2 bridgehead atoms. The van der Waals surface area contributed by atoms with Gasteiger partial charge < -0.3 is 14.7 Å². The first-order chi connectivity index (χ1) is 12.6. The van der Waals surface area contributed by atoms with Crippen LogP contribution in [0.3, 0.4) is 0 Å². The fourth-order valence-electron chi connectivity index (χ4n) is 4.20. The molecular formula is C20H23N3O3. The Hall–Kier alpha value is -2.76. The van der Waals surface area contributed by atoms with Crippen LogP contribution in [-0.4, -0.2) is 44.9 Å². The summed E-state index contributed by atoms with van der Waals surface area (Å²) in [6.45, 7) is 0. The summed E-state index contributed by atoms with van der Waals surface area (Å²) in [5.41, 5.74) is 3.27. The summed E-state index contributed by atoms with van der Waals surface area (Å²) < 4.78 is 7.04. The molecular weight excluding hydrogens is 330 g/mol. The van der Waals surface area contributed by atoms with E-state index in [2.05, 4.69) is 11.2 Å². The molecule has 3 heterocycles. The molecule has 0 aliphatic carbocycles. The number of phenols is 1. The van der Waals surface area contributed by atoms with E-state index in [4.69, 9.17) is 4.74 Å². The minimum Gasteiger partial charge on any atom is -0.504 e. The van der Waals surface area contributed by atoms with Crippen LogP contribution in [0.25, 0.3) is 5.57 Å². The van der Waals surface area contributed by atoms with Crippen LogP contribution in [0.5, 0.6) is 11.5 Å². The molecule has 1 saturated heterocycles. The van der Waals surface area contributed by atoms with Crippen molar-refractivity contribution in [1.82, 2.24) is 14.7 Å². The molecule has 1 aromatic heterocycles. The summed E-state index contributed by atoms with van der Waals surface area (Å²) in [4.78, 5) is 15.0. The maximum absolute atomic E-state index is 12.9. The lowest BCUT2D eigenvalue weighted by molar-refractivity contribution is -0.132. The van der Waals surface area contributed by atoms with E-state index in [-0.39, 0.29) is 23.7 Å². The van der Waals surface area contributed by atoms with Crippen LogP contribution < -0.4 is 4.74 Å². The van der Waals surface area contributed by atoms with Gasteiger partial charge in [-0.05, 0) is 48.6 Å². The average molecular weight is 353 g/mol. The number of carbonyl (C=O) groups excluding carboxylic acids is 1. The number of ether oxygens (including phenoxy) is 1. The van der Waals surface area contributed by atoms with Gasteiger partial charge in [-0.1, -0.05) is 12.1 Å². The summed E-state index contributed by atoms with van der Waals surface area (Å²) in [5.74, 6) is 0.617. The molecule has 4 rings (SSSR count). The Balaban J connectivity index is 1.53. The number of fused-ring (bicyclic) bond motifs is 2. The minimum absolute atomic E-state index is 0.0884. The largest absolute Gasteiger partial charge is 0.504 e. The summed E-state index contributed by atoms with van der Waals surface area (Å²) >= 11 is 0. The number of phenolic OH excluding ortho intramolecular Hbond substituents is 1. The van der Waals surface area contributed by atoms with Crippen LogP contribution in [-0.2, 0) is 18.3 Å². The Labute approximate surface area is 152 Å². The van der Waals surface area contributed by atoms with Crippen molar-refractivity contribution in [3.8, 4) is 11.5 Å². The van der Waals surface area contributed by atoms with Crippen molar-refractivity contribution >= 4 is 11.5 Å². The van der Waals surface area contributed by atoms with Gasteiger partial charge in [0.05, 0.1) is 25.3 Å². The third-order valence-electron chi connectivity index (χ3n) is 5.43. The smallest absolute Gasteiger partial charge is 0.227 e.